The Labute approximate surface area is 117 Å². The van der Waals surface area contributed by atoms with Crippen molar-refractivity contribution in [2.75, 3.05) is 0 Å². The Morgan fingerprint density at radius 2 is 1.75 bits per heavy atom. The summed E-state index contributed by atoms with van der Waals surface area (Å²) in [4.78, 5) is 0. The highest BCUT2D eigenvalue weighted by Crippen LogP contribution is 2.19. The number of hydrogen-bond acceptors (Lipinski definition) is 3. The quantitative estimate of drug-likeness (QED) is 0.885. The van der Waals surface area contributed by atoms with Crippen molar-refractivity contribution in [3.63, 3.8) is 0 Å². The monoisotopic (exact) mass is 262 g/mol. The molecule has 0 saturated carbocycles. The fourth-order valence-corrected chi connectivity index (χ4v) is 2.16. The van der Waals surface area contributed by atoms with Gasteiger partial charge in [0.1, 0.15) is 5.75 Å². The number of aromatic hydroxyl groups is 1. The first kappa shape index (κ1) is 12.4. The molecule has 98 valence electrons. The molecule has 20 heavy (non-hydrogen) atoms. The summed E-state index contributed by atoms with van der Waals surface area (Å²) in [5, 5.41) is 18.0. The molecule has 3 rings (SSSR count). The lowest BCUT2D eigenvalue weighted by atomic mass is 10.0. The highest BCUT2D eigenvalue weighted by molar-refractivity contribution is 6.12. The first-order chi connectivity index (χ1) is 9.84. The number of allylic oxidation sites excluding steroid dienone is 1. The molecule has 0 spiro atoms. The van der Waals surface area contributed by atoms with Crippen LogP contribution in [0.5, 0.6) is 5.75 Å². The van der Waals surface area contributed by atoms with E-state index in [4.69, 9.17) is 0 Å². The van der Waals surface area contributed by atoms with Gasteiger partial charge in [-0.05, 0) is 23.8 Å². The van der Waals surface area contributed by atoms with E-state index in [1.807, 2.05) is 42.5 Å². The molecule has 1 heterocycles. The van der Waals surface area contributed by atoms with Gasteiger partial charge in [-0.2, -0.15) is 10.2 Å². The molecule has 0 aliphatic carbocycles. The molecule has 2 aromatic carbocycles. The Balaban J connectivity index is 1.97. The van der Waals surface area contributed by atoms with Gasteiger partial charge in [0.05, 0.1) is 5.71 Å². The minimum atomic E-state index is 0.259. The van der Waals surface area contributed by atoms with Gasteiger partial charge in [-0.25, -0.2) is 0 Å². The molecule has 3 nitrogen and oxygen atoms in total. The number of benzene rings is 2. The number of para-hydroxylation sites is 1. The summed E-state index contributed by atoms with van der Waals surface area (Å²) in [6.45, 7) is 0. The van der Waals surface area contributed by atoms with Gasteiger partial charge in [-0.3, -0.25) is 0 Å². The van der Waals surface area contributed by atoms with Crippen LogP contribution in [0.25, 0.3) is 6.08 Å². The van der Waals surface area contributed by atoms with Crippen LogP contribution in [0.15, 0.2) is 64.8 Å². The molecule has 1 aliphatic rings. The van der Waals surface area contributed by atoms with Crippen LogP contribution in [-0.4, -0.2) is 17.0 Å². The summed E-state index contributed by atoms with van der Waals surface area (Å²) in [6.07, 6.45) is 6.33. The largest absolute Gasteiger partial charge is 0.507 e. The summed E-state index contributed by atoms with van der Waals surface area (Å²) in [7, 11) is 0. The highest BCUT2D eigenvalue weighted by atomic mass is 16.3. The normalized spacial score (nSPS) is 13.9. The minimum Gasteiger partial charge on any atom is -0.507 e. The highest BCUT2D eigenvalue weighted by Gasteiger charge is 2.08. The molecular formula is C17H14N2O. The lowest BCUT2D eigenvalue weighted by Crippen LogP contribution is -2.00. The minimum absolute atomic E-state index is 0.259. The zero-order valence-corrected chi connectivity index (χ0v) is 10.9. The van der Waals surface area contributed by atoms with Crippen molar-refractivity contribution in [3.8, 4) is 5.75 Å². The smallest absolute Gasteiger partial charge is 0.122 e. The van der Waals surface area contributed by atoms with E-state index in [1.54, 1.807) is 18.3 Å². The Hall–Kier alpha value is -2.68. The molecular weight excluding hydrogens is 248 g/mol. The number of rotatable bonds is 2. The van der Waals surface area contributed by atoms with Gasteiger partial charge in [0.15, 0.2) is 0 Å². The van der Waals surface area contributed by atoms with E-state index in [0.29, 0.717) is 0 Å². The maximum atomic E-state index is 9.77. The second-order valence-electron chi connectivity index (χ2n) is 4.54. The van der Waals surface area contributed by atoms with E-state index in [9.17, 15) is 5.11 Å². The van der Waals surface area contributed by atoms with Crippen LogP contribution in [0.1, 0.15) is 16.7 Å². The molecule has 3 heteroatoms. The zero-order valence-electron chi connectivity index (χ0n) is 10.9. The fraction of sp³-hybridized carbons (Fsp3) is 0.0588. The number of hydrogen-bond donors (Lipinski definition) is 1. The van der Waals surface area contributed by atoms with Crippen LogP contribution in [-0.2, 0) is 6.42 Å². The van der Waals surface area contributed by atoms with Crippen LogP contribution in [0.4, 0.5) is 0 Å². The van der Waals surface area contributed by atoms with Crippen LogP contribution in [0, 0.1) is 0 Å². The molecule has 0 radical (unpaired) electrons. The molecule has 0 atom stereocenters. The van der Waals surface area contributed by atoms with Gasteiger partial charge in [0.25, 0.3) is 0 Å². The van der Waals surface area contributed by atoms with Crippen molar-refractivity contribution in [3.05, 3.63) is 71.3 Å². The Morgan fingerprint density at radius 3 is 2.65 bits per heavy atom. The van der Waals surface area contributed by atoms with Gasteiger partial charge in [-0.1, -0.05) is 42.5 Å². The number of phenolic OH excluding ortho intramolecular Hbond substituents is 1. The molecule has 0 amide bonds. The second-order valence-corrected chi connectivity index (χ2v) is 4.54. The number of phenols is 1. The molecule has 0 aromatic heterocycles. The zero-order chi connectivity index (χ0) is 13.8. The average Bonchev–Trinajstić information content (AvgIpc) is 2.69. The third kappa shape index (κ3) is 2.52. The number of nitrogens with zero attached hydrogens (tertiary/aromatic N) is 2. The third-order valence-electron chi connectivity index (χ3n) is 3.21. The molecule has 0 saturated heterocycles. The van der Waals surface area contributed by atoms with Crippen molar-refractivity contribution in [1.82, 2.24) is 0 Å². The summed E-state index contributed by atoms with van der Waals surface area (Å²) in [5.41, 5.74) is 3.85. The summed E-state index contributed by atoms with van der Waals surface area (Å²) >= 11 is 0. The van der Waals surface area contributed by atoms with E-state index < -0.39 is 0 Å². The van der Waals surface area contributed by atoms with E-state index in [-0.39, 0.29) is 5.75 Å². The number of fused-ring (bicyclic) bond motifs is 1. The fourth-order valence-electron chi connectivity index (χ4n) is 2.16. The van der Waals surface area contributed by atoms with E-state index >= 15 is 0 Å². The average molecular weight is 262 g/mol. The van der Waals surface area contributed by atoms with Crippen LogP contribution >= 0.6 is 0 Å². The van der Waals surface area contributed by atoms with Crippen LogP contribution < -0.4 is 0 Å². The standard InChI is InChI=1S/C17H14N2O/c20-17-8-4-2-6-14(17)9-10-16-15-7-3-1-5-13(15)11-12-18-19-16/h1-10,12,20H,11H2/b10-9+. The predicted molar refractivity (Wildman–Crippen MR) is 82.3 cm³/mol. The summed E-state index contributed by atoms with van der Waals surface area (Å²) < 4.78 is 0. The van der Waals surface area contributed by atoms with Crippen molar-refractivity contribution in [2.45, 2.75) is 6.42 Å². The third-order valence-corrected chi connectivity index (χ3v) is 3.21. The van der Waals surface area contributed by atoms with Gasteiger partial charge >= 0.3 is 0 Å². The van der Waals surface area contributed by atoms with Crippen LogP contribution in [0.3, 0.4) is 0 Å². The lowest BCUT2D eigenvalue weighted by molar-refractivity contribution is 0.474. The molecule has 0 bridgehead atoms. The summed E-state index contributed by atoms with van der Waals surface area (Å²) in [5.74, 6) is 0.259. The molecule has 1 aliphatic heterocycles. The molecule has 2 aromatic rings. The first-order valence-corrected chi connectivity index (χ1v) is 6.48. The van der Waals surface area contributed by atoms with Crippen molar-refractivity contribution in [2.24, 2.45) is 10.2 Å². The maximum Gasteiger partial charge on any atom is 0.122 e. The van der Waals surface area contributed by atoms with Gasteiger partial charge in [-0.15, -0.1) is 0 Å². The summed E-state index contributed by atoms with van der Waals surface area (Å²) in [6, 6.07) is 15.3. The van der Waals surface area contributed by atoms with Crippen molar-refractivity contribution in [1.29, 1.82) is 0 Å². The Kier molecular flexibility index (Phi) is 3.42. The Bertz CT molecular complexity index is 714. The van der Waals surface area contributed by atoms with Gasteiger partial charge in [0, 0.05) is 23.8 Å². The van der Waals surface area contributed by atoms with Crippen molar-refractivity contribution >= 4 is 18.0 Å². The van der Waals surface area contributed by atoms with Gasteiger partial charge in [0.2, 0.25) is 0 Å². The second kappa shape index (κ2) is 5.53. The molecule has 1 N–H and O–H groups in total. The lowest BCUT2D eigenvalue weighted by Gasteiger charge is -2.04. The van der Waals surface area contributed by atoms with Crippen molar-refractivity contribution < 1.29 is 5.11 Å². The predicted octanol–water partition coefficient (Wildman–Crippen LogP) is 3.44. The SMILES string of the molecule is Oc1ccccc1/C=C/C1=NN=CCc2ccccc21. The maximum absolute atomic E-state index is 9.77. The van der Waals surface area contributed by atoms with Crippen LogP contribution in [0.2, 0.25) is 0 Å². The van der Waals surface area contributed by atoms with E-state index in [2.05, 4.69) is 16.3 Å². The van der Waals surface area contributed by atoms with Gasteiger partial charge < -0.3 is 5.11 Å². The molecule has 0 fully saturated rings. The molecule has 0 unspecified atom stereocenters. The van der Waals surface area contributed by atoms with E-state index in [1.165, 1.54) is 5.56 Å². The first-order valence-electron chi connectivity index (χ1n) is 6.48. The van der Waals surface area contributed by atoms with E-state index in [0.717, 1.165) is 23.3 Å². The topological polar surface area (TPSA) is 45.0 Å². The Morgan fingerprint density at radius 1 is 0.950 bits per heavy atom.